The van der Waals surface area contributed by atoms with E-state index in [0.717, 1.165) is 44.0 Å². The Morgan fingerprint density at radius 1 is 0.879 bits per heavy atom. The molecule has 6 nitrogen and oxygen atoms in total. The van der Waals surface area contributed by atoms with Crippen LogP contribution in [0.3, 0.4) is 0 Å². The van der Waals surface area contributed by atoms with Crippen LogP contribution in [0.2, 0.25) is 0 Å². The zero-order valence-corrected chi connectivity index (χ0v) is 18.8. The summed E-state index contributed by atoms with van der Waals surface area (Å²) in [5.74, 6) is -0.479. The molecule has 1 saturated heterocycles. The van der Waals surface area contributed by atoms with Crippen molar-refractivity contribution < 1.29 is 14.3 Å². The first-order valence-electron chi connectivity index (χ1n) is 11.3. The van der Waals surface area contributed by atoms with Crippen molar-refractivity contribution in [3.63, 3.8) is 0 Å². The smallest absolute Gasteiger partial charge is 0.255 e. The number of ether oxygens (including phenoxy) is 1. The monoisotopic (exact) mass is 443 g/mol. The molecule has 0 spiro atoms. The molecule has 3 aromatic rings. The van der Waals surface area contributed by atoms with Gasteiger partial charge in [-0.3, -0.25) is 14.5 Å². The molecule has 2 N–H and O–H groups in total. The van der Waals surface area contributed by atoms with Crippen molar-refractivity contribution in [3.05, 3.63) is 101 Å². The zero-order chi connectivity index (χ0) is 23.0. The van der Waals surface area contributed by atoms with Crippen molar-refractivity contribution in [3.8, 4) is 0 Å². The van der Waals surface area contributed by atoms with Crippen LogP contribution < -0.4 is 10.6 Å². The highest BCUT2D eigenvalue weighted by Crippen LogP contribution is 2.19. The summed E-state index contributed by atoms with van der Waals surface area (Å²) in [5.41, 5.74) is 3.64. The summed E-state index contributed by atoms with van der Waals surface area (Å²) in [7, 11) is 0. The van der Waals surface area contributed by atoms with E-state index in [1.165, 1.54) is 0 Å². The Morgan fingerprint density at radius 2 is 1.55 bits per heavy atom. The van der Waals surface area contributed by atoms with Crippen LogP contribution in [0, 0.1) is 0 Å². The van der Waals surface area contributed by atoms with Gasteiger partial charge in [0.15, 0.2) is 0 Å². The Bertz CT molecular complexity index is 1080. The summed E-state index contributed by atoms with van der Waals surface area (Å²) in [6.07, 6.45) is 0. The number of carbonyl (C=O) groups excluding carboxylic acids is 2. The third kappa shape index (κ3) is 6.06. The van der Waals surface area contributed by atoms with E-state index in [2.05, 4.69) is 15.5 Å². The molecule has 170 valence electrons. The number of nitrogens with one attached hydrogen (secondary N) is 2. The van der Waals surface area contributed by atoms with Crippen LogP contribution >= 0.6 is 0 Å². The second-order valence-corrected chi connectivity index (χ2v) is 8.19. The van der Waals surface area contributed by atoms with Gasteiger partial charge in [-0.05, 0) is 42.3 Å². The Hall–Kier alpha value is -3.48. The van der Waals surface area contributed by atoms with Crippen LogP contribution in [-0.2, 0) is 11.3 Å². The van der Waals surface area contributed by atoms with Gasteiger partial charge in [-0.25, -0.2) is 0 Å². The van der Waals surface area contributed by atoms with Crippen molar-refractivity contribution in [1.29, 1.82) is 0 Å². The number of carbonyl (C=O) groups is 2. The van der Waals surface area contributed by atoms with Gasteiger partial charge >= 0.3 is 0 Å². The third-order valence-electron chi connectivity index (χ3n) is 5.79. The van der Waals surface area contributed by atoms with Gasteiger partial charge in [0.25, 0.3) is 11.8 Å². The average Bonchev–Trinajstić information content (AvgIpc) is 2.86. The summed E-state index contributed by atoms with van der Waals surface area (Å²) >= 11 is 0. The maximum atomic E-state index is 12.9. The summed E-state index contributed by atoms with van der Waals surface area (Å²) in [5, 5.41) is 5.90. The molecule has 1 heterocycles. The number of nitrogens with zero attached hydrogens (tertiary/aromatic N) is 1. The molecule has 6 heteroatoms. The maximum Gasteiger partial charge on any atom is 0.255 e. The Labute approximate surface area is 194 Å². The van der Waals surface area contributed by atoms with E-state index in [1.807, 2.05) is 61.5 Å². The molecule has 0 bridgehead atoms. The lowest BCUT2D eigenvalue weighted by atomic mass is 10.1. The number of amides is 2. The van der Waals surface area contributed by atoms with Gasteiger partial charge in [-0.2, -0.15) is 0 Å². The van der Waals surface area contributed by atoms with Crippen molar-refractivity contribution in [2.45, 2.75) is 19.5 Å². The Kier molecular flexibility index (Phi) is 7.50. The summed E-state index contributed by atoms with van der Waals surface area (Å²) in [6.45, 7) is 6.14. The molecular weight excluding hydrogens is 414 g/mol. The maximum absolute atomic E-state index is 12.9. The van der Waals surface area contributed by atoms with E-state index < -0.39 is 0 Å². The number of hydrogen-bond donors (Lipinski definition) is 2. The fraction of sp³-hybridized carbons (Fsp3) is 0.259. The molecule has 2 amide bonds. The lowest BCUT2D eigenvalue weighted by molar-refractivity contribution is 0.0342. The summed E-state index contributed by atoms with van der Waals surface area (Å²) in [4.78, 5) is 28.1. The first-order valence-corrected chi connectivity index (χ1v) is 11.3. The van der Waals surface area contributed by atoms with E-state index >= 15 is 0 Å². The van der Waals surface area contributed by atoms with E-state index in [-0.39, 0.29) is 17.9 Å². The Balaban J connectivity index is 1.40. The fourth-order valence-electron chi connectivity index (χ4n) is 3.86. The molecule has 3 aromatic carbocycles. The lowest BCUT2D eigenvalue weighted by Gasteiger charge is -2.26. The highest BCUT2D eigenvalue weighted by Gasteiger charge is 2.17. The second kappa shape index (κ2) is 10.9. The lowest BCUT2D eigenvalue weighted by Crippen LogP contribution is -2.35. The highest BCUT2D eigenvalue weighted by atomic mass is 16.5. The SMILES string of the molecule is C[C@H](NC(=O)c1ccccc1NC(=O)c1ccc(CN2CCOCC2)cc1)c1ccccc1. The van der Waals surface area contributed by atoms with Gasteiger partial charge in [0.2, 0.25) is 0 Å². The molecule has 33 heavy (non-hydrogen) atoms. The van der Waals surface area contributed by atoms with Gasteiger partial charge < -0.3 is 15.4 Å². The molecule has 1 atom stereocenters. The number of hydrogen-bond acceptors (Lipinski definition) is 4. The van der Waals surface area contributed by atoms with Crippen LogP contribution in [0.5, 0.6) is 0 Å². The second-order valence-electron chi connectivity index (χ2n) is 8.19. The van der Waals surface area contributed by atoms with E-state index in [1.54, 1.807) is 24.3 Å². The van der Waals surface area contributed by atoms with E-state index in [0.29, 0.717) is 16.8 Å². The first-order chi connectivity index (χ1) is 16.1. The number of morpholine rings is 1. The first kappa shape index (κ1) is 22.7. The van der Waals surface area contributed by atoms with Crippen molar-refractivity contribution in [2.24, 2.45) is 0 Å². The quantitative estimate of drug-likeness (QED) is 0.572. The highest BCUT2D eigenvalue weighted by molar-refractivity contribution is 6.09. The minimum Gasteiger partial charge on any atom is -0.379 e. The molecule has 4 rings (SSSR count). The van der Waals surface area contributed by atoms with Gasteiger partial charge in [-0.15, -0.1) is 0 Å². The molecular formula is C27H29N3O3. The minimum atomic E-state index is -0.246. The Morgan fingerprint density at radius 3 is 2.27 bits per heavy atom. The largest absolute Gasteiger partial charge is 0.379 e. The molecule has 1 aliphatic rings. The number of anilines is 1. The van der Waals surface area contributed by atoms with Crippen molar-refractivity contribution >= 4 is 17.5 Å². The number of para-hydroxylation sites is 1. The molecule has 1 aliphatic heterocycles. The molecule has 0 radical (unpaired) electrons. The van der Waals surface area contributed by atoms with E-state index in [9.17, 15) is 9.59 Å². The van der Waals surface area contributed by atoms with Gasteiger partial charge in [0, 0.05) is 25.2 Å². The summed E-state index contributed by atoms with van der Waals surface area (Å²) in [6, 6.07) is 24.3. The average molecular weight is 444 g/mol. The number of benzene rings is 3. The standard InChI is InChI=1S/C27H29N3O3/c1-20(22-7-3-2-4-8-22)28-27(32)24-9-5-6-10-25(24)29-26(31)23-13-11-21(12-14-23)19-30-15-17-33-18-16-30/h2-14,20H,15-19H2,1H3,(H,28,32)(H,29,31)/t20-/m0/s1. The van der Waals surface area contributed by atoms with Crippen molar-refractivity contribution in [2.75, 3.05) is 31.6 Å². The van der Waals surface area contributed by atoms with Gasteiger partial charge in [0.1, 0.15) is 0 Å². The fourth-order valence-corrected chi connectivity index (χ4v) is 3.86. The van der Waals surface area contributed by atoms with Crippen LogP contribution in [0.1, 0.15) is 44.8 Å². The number of rotatable bonds is 7. The predicted octanol–water partition coefficient (Wildman–Crippen LogP) is 4.26. The van der Waals surface area contributed by atoms with Crippen LogP contribution in [0.15, 0.2) is 78.9 Å². The molecule has 0 saturated carbocycles. The molecule has 1 fully saturated rings. The van der Waals surface area contributed by atoms with Gasteiger partial charge in [0.05, 0.1) is 30.5 Å². The molecule has 0 unspecified atom stereocenters. The predicted molar refractivity (Wildman–Crippen MR) is 129 cm³/mol. The zero-order valence-electron chi connectivity index (χ0n) is 18.8. The molecule has 0 aliphatic carbocycles. The van der Waals surface area contributed by atoms with Gasteiger partial charge in [-0.1, -0.05) is 54.6 Å². The van der Waals surface area contributed by atoms with Crippen LogP contribution in [0.4, 0.5) is 5.69 Å². The van der Waals surface area contributed by atoms with Crippen molar-refractivity contribution in [1.82, 2.24) is 10.2 Å². The summed E-state index contributed by atoms with van der Waals surface area (Å²) < 4.78 is 5.39. The molecule has 0 aromatic heterocycles. The normalized spacial score (nSPS) is 14.9. The minimum absolute atomic E-state index is 0.151. The van der Waals surface area contributed by atoms with E-state index in [4.69, 9.17) is 4.74 Å². The topological polar surface area (TPSA) is 70.7 Å². The van der Waals surface area contributed by atoms with Crippen LogP contribution in [-0.4, -0.2) is 43.0 Å². The third-order valence-corrected chi connectivity index (χ3v) is 5.79. The van der Waals surface area contributed by atoms with Crippen LogP contribution in [0.25, 0.3) is 0 Å².